The number of amides is 1. The molecule has 1 heterocycles. The van der Waals surface area contributed by atoms with E-state index in [1.54, 1.807) is 0 Å². The molecule has 5 heteroatoms. The van der Waals surface area contributed by atoms with E-state index in [-0.39, 0.29) is 5.91 Å². The Hall–Kier alpha value is -1.43. The van der Waals surface area contributed by atoms with Crippen molar-refractivity contribution in [2.75, 3.05) is 27.2 Å². The molecule has 21 heavy (non-hydrogen) atoms. The van der Waals surface area contributed by atoms with Crippen molar-refractivity contribution in [3.05, 3.63) is 35.4 Å². The number of nitrogens with one attached hydrogen (secondary N) is 1. The molecule has 1 unspecified atom stereocenters. The fourth-order valence-electron chi connectivity index (χ4n) is 2.85. The van der Waals surface area contributed by atoms with Gasteiger partial charge in [-0.15, -0.1) is 0 Å². The van der Waals surface area contributed by atoms with Crippen molar-refractivity contribution in [2.45, 2.75) is 31.8 Å². The third kappa shape index (κ3) is 4.81. The molecule has 2 rings (SSSR count). The third-order valence-electron chi connectivity index (χ3n) is 4.17. The van der Waals surface area contributed by atoms with Crippen molar-refractivity contribution in [1.82, 2.24) is 15.2 Å². The number of nitrogens with zero attached hydrogens (tertiary/aromatic N) is 2. The number of hydrogen-bond acceptors (Lipinski definition) is 4. The van der Waals surface area contributed by atoms with Crippen molar-refractivity contribution in [3.8, 4) is 0 Å². The zero-order chi connectivity index (χ0) is 15.2. The molecule has 0 saturated carbocycles. The van der Waals surface area contributed by atoms with Gasteiger partial charge in [0.1, 0.15) is 0 Å². The number of hydrazine groups is 1. The summed E-state index contributed by atoms with van der Waals surface area (Å²) in [5.41, 5.74) is 4.45. The first-order chi connectivity index (χ1) is 10.1. The normalized spacial score (nSPS) is 19.7. The predicted molar refractivity (Wildman–Crippen MR) is 84.5 cm³/mol. The molecule has 0 spiro atoms. The molecule has 0 bridgehead atoms. The maximum absolute atomic E-state index is 11.2. The summed E-state index contributed by atoms with van der Waals surface area (Å²) in [4.78, 5) is 16.1. The van der Waals surface area contributed by atoms with Crippen molar-refractivity contribution < 1.29 is 4.79 Å². The van der Waals surface area contributed by atoms with Crippen LogP contribution >= 0.6 is 0 Å². The summed E-state index contributed by atoms with van der Waals surface area (Å²) in [6, 6.07) is 8.90. The van der Waals surface area contributed by atoms with Gasteiger partial charge in [-0.3, -0.25) is 15.1 Å². The number of benzene rings is 1. The maximum Gasteiger partial charge on any atom is 0.238 e. The van der Waals surface area contributed by atoms with Gasteiger partial charge in [-0.25, -0.2) is 5.84 Å². The Kier molecular flexibility index (Phi) is 5.73. The number of hydrogen-bond donors (Lipinski definition) is 2. The van der Waals surface area contributed by atoms with Crippen LogP contribution in [0.15, 0.2) is 24.3 Å². The molecule has 0 aliphatic carbocycles. The molecule has 1 aromatic rings. The minimum atomic E-state index is -0.160. The van der Waals surface area contributed by atoms with Crippen molar-refractivity contribution >= 4 is 5.91 Å². The Morgan fingerprint density at radius 3 is 2.62 bits per heavy atom. The first-order valence-electron chi connectivity index (χ1n) is 7.54. The molecular weight excluding hydrogens is 264 g/mol. The Labute approximate surface area is 127 Å². The molecule has 1 amide bonds. The molecule has 1 aliphatic rings. The van der Waals surface area contributed by atoms with E-state index >= 15 is 0 Å². The van der Waals surface area contributed by atoms with E-state index in [1.165, 1.54) is 24.9 Å². The summed E-state index contributed by atoms with van der Waals surface area (Å²) in [7, 11) is 4.32. The number of rotatable bonds is 5. The van der Waals surface area contributed by atoms with Crippen molar-refractivity contribution in [2.24, 2.45) is 5.84 Å². The van der Waals surface area contributed by atoms with Crippen LogP contribution in [0.5, 0.6) is 0 Å². The molecular formula is C16H26N4O. The lowest BCUT2D eigenvalue weighted by Gasteiger charge is -2.36. The van der Waals surface area contributed by atoms with E-state index in [0.717, 1.165) is 18.7 Å². The second-order valence-electron chi connectivity index (χ2n) is 6.06. The van der Waals surface area contributed by atoms with Crippen molar-refractivity contribution in [3.63, 3.8) is 0 Å². The van der Waals surface area contributed by atoms with Gasteiger partial charge < -0.3 is 4.90 Å². The van der Waals surface area contributed by atoms with Crippen LogP contribution in [0, 0.1) is 0 Å². The third-order valence-corrected chi connectivity index (χ3v) is 4.17. The topological polar surface area (TPSA) is 61.6 Å². The van der Waals surface area contributed by atoms with E-state index < -0.39 is 0 Å². The van der Waals surface area contributed by atoms with E-state index in [2.05, 4.69) is 41.5 Å². The van der Waals surface area contributed by atoms with Gasteiger partial charge >= 0.3 is 0 Å². The zero-order valence-corrected chi connectivity index (χ0v) is 13.0. The Morgan fingerprint density at radius 2 is 2.00 bits per heavy atom. The highest BCUT2D eigenvalue weighted by Crippen LogP contribution is 2.16. The highest BCUT2D eigenvalue weighted by molar-refractivity contribution is 5.77. The van der Waals surface area contributed by atoms with Crippen LogP contribution in [0.2, 0.25) is 0 Å². The SMILES string of the molecule is CN(C)C1CCCN(Cc2ccc(CC(=O)NN)cc2)C1. The highest BCUT2D eigenvalue weighted by atomic mass is 16.2. The van der Waals surface area contributed by atoms with Crippen LogP contribution in [-0.4, -0.2) is 48.9 Å². The smallest absolute Gasteiger partial charge is 0.238 e. The summed E-state index contributed by atoms with van der Waals surface area (Å²) < 4.78 is 0. The van der Waals surface area contributed by atoms with E-state index in [0.29, 0.717) is 12.5 Å². The number of piperidine rings is 1. The first-order valence-corrected chi connectivity index (χ1v) is 7.54. The van der Waals surface area contributed by atoms with Crippen LogP contribution in [-0.2, 0) is 17.8 Å². The van der Waals surface area contributed by atoms with Crippen LogP contribution in [0.1, 0.15) is 24.0 Å². The largest absolute Gasteiger partial charge is 0.305 e. The number of carbonyl (C=O) groups is 1. The Balaban J connectivity index is 1.89. The molecule has 5 nitrogen and oxygen atoms in total. The zero-order valence-electron chi connectivity index (χ0n) is 13.0. The lowest BCUT2D eigenvalue weighted by atomic mass is 10.0. The van der Waals surface area contributed by atoms with Gasteiger partial charge in [0.15, 0.2) is 0 Å². The highest BCUT2D eigenvalue weighted by Gasteiger charge is 2.21. The average Bonchev–Trinajstić information content (AvgIpc) is 2.49. The van der Waals surface area contributed by atoms with Gasteiger partial charge in [0, 0.05) is 19.1 Å². The standard InChI is InChI=1S/C16H26N4O/c1-19(2)15-4-3-9-20(12-15)11-14-7-5-13(6-8-14)10-16(21)18-17/h5-8,15H,3-4,9-12,17H2,1-2H3,(H,18,21). The second-order valence-corrected chi connectivity index (χ2v) is 6.06. The minimum Gasteiger partial charge on any atom is -0.305 e. The molecule has 1 aliphatic heterocycles. The van der Waals surface area contributed by atoms with Gasteiger partial charge in [-0.05, 0) is 44.6 Å². The predicted octanol–water partition coefficient (Wildman–Crippen LogP) is 0.745. The summed E-state index contributed by atoms with van der Waals surface area (Å²) in [6.07, 6.45) is 2.89. The van der Waals surface area contributed by atoms with Crippen LogP contribution in [0.3, 0.4) is 0 Å². The molecule has 1 aromatic carbocycles. The maximum atomic E-state index is 11.2. The number of nitrogens with two attached hydrogens (primary N) is 1. The fourth-order valence-corrected chi connectivity index (χ4v) is 2.85. The summed E-state index contributed by atoms with van der Waals surface area (Å²) in [5.74, 6) is 4.94. The van der Waals surface area contributed by atoms with Crippen LogP contribution < -0.4 is 11.3 Å². The lowest BCUT2D eigenvalue weighted by Crippen LogP contribution is -2.44. The molecule has 1 fully saturated rings. The van der Waals surface area contributed by atoms with Gasteiger partial charge in [-0.1, -0.05) is 24.3 Å². The molecule has 1 saturated heterocycles. The fraction of sp³-hybridized carbons (Fsp3) is 0.562. The molecule has 0 aromatic heterocycles. The van der Waals surface area contributed by atoms with E-state index in [4.69, 9.17) is 5.84 Å². The van der Waals surface area contributed by atoms with Gasteiger partial charge in [-0.2, -0.15) is 0 Å². The quantitative estimate of drug-likeness (QED) is 0.477. The molecule has 0 radical (unpaired) electrons. The Bertz CT molecular complexity index is 458. The van der Waals surface area contributed by atoms with Gasteiger partial charge in [0.2, 0.25) is 5.91 Å². The van der Waals surface area contributed by atoms with Gasteiger partial charge in [0.25, 0.3) is 0 Å². The van der Waals surface area contributed by atoms with Gasteiger partial charge in [0.05, 0.1) is 6.42 Å². The van der Waals surface area contributed by atoms with Crippen LogP contribution in [0.4, 0.5) is 0 Å². The molecule has 3 N–H and O–H groups in total. The molecule has 1 atom stereocenters. The number of carbonyl (C=O) groups excluding carboxylic acids is 1. The first kappa shape index (κ1) is 15.9. The van der Waals surface area contributed by atoms with Crippen LogP contribution in [0.25, 0.3) is 0 Å². The number of likely N-dealkylation sites (N-methyl/N-ethyl adjacent to an activating group) is 1. The number of likely N-dealkylation sites (tertiary alicyclic amines) is 1. The average molecular weight is 290 g/mol. The minimum absolute atomic E-state index is 0.160. The molecule has 116 valence electrons. The summed E-state index contributed by atoms with van der Waals surface area (Å²) in [5, 5.41) is 0. The van der Waals surface area contributed by atoms with E-state index in [1.807, 2.05) is 12.1 Å². The second kappa shape index (κ2) is 7.54. The Morgan fingerprint density at radius 1 is 1.33 bits per heavy atom. The lowest BCUT2D eigenvalue weighted by molar-refractivity contribution is -0.120. The monoisotopic (exact) mass is 290 g/mol. The van der Waals surface area contributed by atoms with Crippen molar-refractivity contribution in [1.29, 1.82) is 0 Å². The summed E-state index contributed by atoms with van der Waals surface area (Å²) >= 11 is 0. The van der Waals surface area contributed by atoms with E-state index in [9.17, 15) is 4.79 Å². The summed E-state index contributed by atoms with van der Waals surface area (Å²) in [6.45, 7) is 3.28.